The van der Waals surface area contributed by atoms with Crippen molar-refractivity contribution in [3.05, 3.63) is 21.9 Å². The van der Waals surface area contributed by atoms with E-state index in [0.717, 1.165) is 15.4 Å². The third-order valence-electron chi connectivity index (χ3n) is 3.42. The van der Waals surface area contributed by atoms with Gasteiger partial charge in [0.15, 0.2) is 5.13 Å². The summed E-state index contributed by atoms with van der Waals surface area (Å²) in [5, 5.41) is 15.9. The molecular weight excluding hydrogens is 342 g/mol. The molecule has 0 radical (unpaired) electrons. The largest absolute Gasteiger partial charge is 0.392 e. The number of thiazole rings is 1. The average molecular weight is 360 g/mol. The SMILES string of the molecule is Cc1ccc(-c2nc(NC(=O)C3CC(O)CN3)sc2C)s1.Cl. The molecule has 3 heterocycles. The number of amides is 1. The zero-order valence-electron chi connectivity index (χ0n) is 12.3. The number of hydrogen-bond donors (Lipinski definition) is 3. The Morgan fingerprint density at radius 2 is 2.18 bits per heavy atom. The highest BCUT2D eigenvalue weighted by molar-refractivity contribution is 7.18. The second-order valence-electron chi connectivity index (χ2n) is 5.17. The molecule has 0 spiro atoms. The molecule has 3 N–H and O–H groups in total. The van der Waals surface area contributed by atoms with E-state index < -0.39 is 6.10 Å². The minimum Gasteiger partial charge on any atom is -0.392 e. The lowest BCUT2D eigenvalue weighted by molar-refractivity contribution is -0.117. The van der Waals surface area contributed by atoms with E-state index in [9.17, 15) is 9.90 Å². The van der Waals surface area contributed by atoms with Gasteiger partial charge in [0.25, 0.3) is 0 Å². The smallest absolute Gasteiger partial charge is 0.243 e. The Morgan fingerprint density at radius 1 is 1.41 bits per heavy atom. The van der Waals surface area contributed by atoms with Crippen molar-refractivity contribution in [1.82, 2.24) is 10.3 Å². The van der Waals surface area contributed by atoms with Gasteiger partial charge in [0.1, 0.15) is 0 Å². The minimum absolute atomic E-state index is 0. The number of rotatable bonds is 3. The Balaban J connectivity index is 0.00000176. The predicted molar refractivity (Wildman–Crippen MR) is 93.2 cm³/mol. The number of carbonyl (C=O) groups is 1. The maximum absolute atomic E-state index is 12.1. The molecule has 120 valence electrons. The van der Waals surface area contributed by atoms with Crippen LogP contribution in [0.15, 0.2) is 12.1 Å². The molecule has 1 fully saturated rings. The Kier molecular flexibility index (Phi) is 5.57. The summed E-state index contributed by atoms with van der Waals surface area (Å²) in [6.45, 7) is 4.54. The van der Waals surface area contributed by atoms with E-state index in [0.29, 0.717) is 18.1 Å². The van der Waals surface area contributed by atoms with Gasteiger partial charge in [0, 0.05) is 16.3 Å². The van der Waals surface area contributed by atoms with Crippen LogP contribution in [0.3, 0.4) is 0 Å². The molecule has 2 unspecified atom stereocenters. The molecule has 1 amide bonds. The summed E-state index contributed by atoms with van der Waals surface area (Å²) >= 11 is 3.18. The Bertz CT molecular complexity index is 671. The van der Waals surface area contributed by atoms with Gasteiger partial charge in [-0.2, -0.15) is 0 Å². The summed E-state index contributed by atoms with van der Waals surface area (Å²) in [5.41, 5.74) is 0.938. The van der Waals surface area contributed by atoms with E-state index in [1.54, 1.807) is 11.3 Å². The number of aliphatic hydroxyl groups excluding tert-OH is 1. The Labute approximate surface area is 143 Å². The van der Waals surface area contributed by atoms with Crippen LogP contribution in [-0.2, 0) is 4.79 Å². The highest BCUT2D eigenvalue weighted by Gasteiger charge is 2.28. The Morgan fingerprint density at radius 3 is 2.77 bits per heavy atom. The topological polar surface area (TPSA) is 74.2 Å². The standard InChI is InChI=1S/C14H17N3O2S2.ClH/c1-7-3-4-11(20-7)12-8(2)21-14(16-12)17-13(19)10-5-9(18)6-15-10;/h3-4,9-10,15,18H,5-6H2,1-2H3,(H,16,17,19);1H. The molecule has 8 heteroatoms. The van der Waals surface area contributed by atoms with Crippen molar-refractivity contribution in [2.75, 3.05) is 11.9 Å². The lowest BCUT2D eigenvalue weighted by atomic mass is 10.2. The first-order valence-electron chi connectivity index (χ1n) is 6.79. The molecule has 2 atom stereocenters. The van der Waals surface area contributed by atoms with Gasteiger partial charge in [-0.25, -0.2) is 4.98 Å². The Hall–Kier alpha value is -0.990. The van der Waals surface area contributed by atoms with E-state index in [4.69, 9.17) is 0 Å². The lowest BCUT2D eigenvalue weighted by Crippen LogP contribution is -2.35. The fourth-order valence-electron chi connectivity index (χ4n) is 2.35. The van der Waals surface area contributed by atoms with Crippen LogP contribution in [0.1, 0.15) is 16.2 Å². The second kappa shape index (κ2) is 7.06. The summed E-state index contributed by atoms with van der Waals surface area (Å²) in [7, 11) is 0. The van der Waals surface area contributed by atoms with Crippen molar-refractivity contribution in [1.29, 1.82) is 0 Å². The number of aliphatic hydroxyl groups is 1. The molecule has 5 nitrogen and oxygen atoms in total. The molecule has 0 aliphatic carbocycles. The molecular formula is C14H18ClN3O2S2. The highest BCUT2D eigenvalue weighted by atomic mass is 35.5. The van der Waals surface area contributed by atoms with Crippen LogP contribution in [0.2, 0.25) is 0 Å². The van der Waals surface area contributed by atoms with Gasteiger partial charge < -0.3 is 15.7 Å². The quantitative estimate of drug-likeness (QED) is 0.787. The van der Waals surface area contributed by atoms with Gasteiger partial charge in [0.2, 0.25) is 5.91 Å². The predicted octanol–water partition coefficient (Wildman–Crippen LogP) is 2.57. The number of aryl methyl sites for hydroxylation is 2. The number of nitrogens with zero attached hydrogens (tertiary/aromatic N) is 1. The van der Waals surface area contributed by atoms with Crippen molar-refractivity contribution in [2.45, 2.75) is 32.4 Å². The van der Waals surface area contributed by atoms with E-state index in [1.165, 1.54) is 16.2 Å². The molecule has 22 heavy (non-hydrogen) atoms. The third-order valence-corrected chi connectivity index (χ3v) is 5.32. The fourth-order valence-corrected chi connectivity index (χ4v) is 4.16. The van der Waals surface area contributed by atoms with Gasteiger partial charge in [-0.1, -0.05) is 0 Å². The molecule has 0 saturated carbocycles. The number of hydrogen-bond acceptors (Lipinski definition) is 6. The number of carbonyl (C=O) groups excluding carboxylic acids is 1. The van der Waals surface area contributed by atoms with Crippen LogP contribution in [0, 0.1) is 13.8 Å². The summed E-state index contributed by atoms with van der Waals surface area (Å²) in [5.74, 6) is -0.130. The molecule has 2 aromatic heterocycles. The van der Waals surface area contributed by atoms with E-state index in [2.05, 4.69) is 34.7 Å². The van der Waals surface area contributed by atoms with Crippen molar-refractivity contribution >= 4 is 46.1 Å². The zero-order valence-corrected chi connectivity index (χ0v) is 14.7. The van der Waals surface area contributed by atoms with Crippen LogP contribution in [0.5, 0.6) is 0 Å². The maximum Gasteiger partial charge on any atom is 0.243 e. The van der Waals surface area contributed by atoms with Crippen LogP contribution in [0.4, 0.5) is 5.13 Å². The number of nitrogens with one attached hydrogen (secondary N) is 2. The summed E-state index contributed by atoms with van der Waals surface area (Å²) < 4.78 is 0. The van der Waals surface area contributed by atoms with Crippen LogP contribution < -0.4 is 10.6 Å². The number of thiophene rings is 1. The molecule has 1 saturated heterocycles. The number of aromatic nitrogens is 1. The van der Waals surface area contributed by atoms with Crippen molar-refractivity contribution in [2.24, 2.45) is 0 Å². The van der Waals surface area contributed by atoms with Crippen LogP contribution in [0.25, 0.3) is 10.6 Å². The van der Waals surface area contributed by atoms with E-state index >= 15 is 0 Å². The molecule has 1 aliphatic rings. The van der Waals surface area contributed by atoms with Crippen molar-refractivity contribution < 1.29 is 9.90 Å². The minimum atomic E-state index is -0.441. The second-order valence-corrected chi connectivity index (χ2v) is 7.66. The van der Waals surface area contributed by atoms with Gasteiger partial charge in [-0.05, 0) is 32.4 Å². The molecule has 0 aromatic carbocycles. The maximum atomic E-state index is 12.1. The van der Waals surface area contributed by atoms with Crippen LogP contribution in [-0.4, -0.2) is 34.7 Å². The third kappa shape index (κ3) is 3.67. The summed E-state index contributed by atoms with van der Waals surface area (Å²) in [4.78, 5) is 20.1. The normalized spacial score (nSPS) is 20.7. The first-order valence-corrected chi connectivity index (χ1v) is 8.43. The monoisotopic (exact) mass is 359 g/mol. The molecule has 0 bridgehead atoms. The van der Waals surface area contributed by atoms with E-state index in [-0.39, 0.29) is 24.4 Å². The van der Waals surface area contributed by atoms with Crippen molar-refractivity contribution in [3.63, 3.8) is 0 Å². The van der Waals surface area contributed by atoms with Crippen LogP contribution >= 0.6 is 35.1 Å². The van der Waals surface area contributed by atoms with Gasteiger partial charge >= 0.3 is 0 Å². The fraction of sp³-hybridized carbons (Fsp3) is 0.429. The van der Waals surface area contributed by atoms with E-state index in [1.807, 2.05) is 6.92 Å². The summed E-state index contributed by atoms with van der Waals surface area (Å²) in [6, 6.07) is 3.79. The number of anilines is 1. The number of halogens is 1. The lowest BCUT2D eigenvalue weighted by Gasteiger charge is -2.08. The zero-order chi connectivity index (χ0) is 15.0. The van der Waals surface area contributed by atoms with Gasteiger partial charge in [-0.15, -0.1) is 35.1 Å². The van der Waals surface area contributed by atoms with Gasteiger partial charge in [0.05, 0.1) is 22.7 Å². The molecule has 2 aromatic rings. The first kappa shape index (κ1) is 17.4. The van der Waals surface area contributed by atoms with Crippen molar-refractivity contribution in [3.8, 4) is 10.6 Å². The summed E-state index contributed by atoms with van der Waals surface area (Å²) in [6.07, 6.45) is 0.0103. The average Bonchev–Trinajstić information content (AvgIpc) is 3.11. The molecule has 3 rings (SSSR count). The molecule has 1 aliphatic heterocycles. The highest BCUT2D eigenvalue weighted by Crippen LogP contribution is 2.34. The first-order chi connectivity index (χ1) is 10.0. The number of β-amino-alcohol motifs (C(OH)–C–C–N with tert-alkyl or cyclic N) is 1. The van der Waals surface area contributed by atoms with Gasteiger partial charge in [-0.3, -0.25) is 4.79 Å².